The van der Waals surface area contributed by atoms with E-state index in [0.29, 0.717) is 47.1 Å². The van der Waals surface area contributed by atoms with Crippen molar-refractivity contribution in [2.75, 3.05) is 31.1 Å². The fourth-order valence-electron chi connectivity index (χ4n) is 8.38. The molecule has 4 aromatic rings. The standard InChI is InChI=1S/C35H36F3N5O2/c1-2-24-26(37)10-8-20-15-23(44)16-25(28(20)24)31-30(38)32-29-27(39-31)11-9-22-7-4-3-5-14-43(22)33(29)41-34(40-32)45-19-35-12-6-13-42(35)18-21(36)17-35/h2,8,10,15-16,21-22,44H,1,3-7,9,11-14,17-19H2/t21-,22+,35+/m1/s1. The Morgan fingerprint density at radius 2 is 1.93 bits per heavy atom. The van der Waals surface area contributed by atoms with E-state index >= 15 is 4.39 Å². The summed E-state index contributed by atoms with van der Waals surface area (Å²) in [4.78, 5) is 18.9. The number of pyridine rings is 1. The lowest BCUT2D eigenvalue weighted by Gasteiger charge is -2.32. The Balaban J connectivity index is 1.33. The van der Waals surface area contributed by atoms with Crippen LogP contribution < -0.4 is 9.64 Å². The van der Waals surface area contributed by atoms with Crippen molar-refractivity contribution in [3.8, 4) is 23.0 Å². The first-order chi connectivity index (χ1) is 21.8. The number of ether oxygens (including phenoxy) is 1. The Bertz CT molecular complexity index is 1850. The van der Waals surface area contributed by atoms with E-state index in [4.69, 9.17) is 14.7 Å². The van der Waals surface area contributed by atoms with Crippen molar-refractivity contribution in [2.45, 2.75) is 75.5 Å². The zero-order chi connectivity index (χ0) is 30.9. The van der Waals surface area contributed by atoms with Crippen LogP contribution >= 0.6 is 0 Å². The van der Waals surface area contributed by atoms with Crippen LogP contribution in [0.4, 0.5) is 19.0 Å². The number of alkyl halides is 1. The molecular weight excluding hydrogens is 579 g/mol. The lowest BCUT2D eigenvalue weighted by atomic mass is 9.95. The first-order valence-electron chi connectivity index (χ1n) is 16.1. The monoisotopic (exact) mass is 615 g/mol. The average Bonchev–Trinajstić information content (AvgIpc) is 3.38. The molecule has 0 unspecified atom stereocenters. The van der Waals surface area contributed by atoms with Gasteiger partial charge in [-0.15, -0.1) is 0 Å². The highest BCUT2D eigenvalue weighted by Gasteiger charge is 2.49. The van der Waals surface area contributed by atoms with Crippen LogP contribution in [-0.4, -0.2) is 69.0 Å². The molecule has 3 saturated heterocycles. The minimum Gasteiger partial charge on any atom is -0.508 e. The lowest BCUT2D eigenvalue weighted by molar-refractivity contribution is 0.107. The number of aromatic nitrogens is 3. The molecule has 0 radical (unpaired) electrons. The highest BCUT2D eigenvalue weighted by atomic mass is 19.1. The van der Waals surface area contributed by atoms with Gasteiger partial charge in [0.05, 0.1) is 16.6 Å². The molecule has 0 amide bonds. The second-order valence-corrected chi connectivity index (χ2v) is 13.1. The van der Waals surface area contributed by atoms with Crippen LogP contribution in [0, 0.1) is 11.6 Å². The van der Waals surface area contributed by atoms with E-state index in [9.17, 15) is 13.9 Å². The third-order valence-corrected chi connectivity index (χ3v) is 10.5. The Labute approximate surface area is 259 Å². The van der Waals surface area contributed by atoms with E-state index in [1.807, 2.05) is 0 Å². The molecule has 2 aromatic heterocycles. The number of phenols is 1. The van der Waals surface area contributed by atoms with Gasteiger partial charge in [0.15, 0.2) is 5.82 Å². The molecule has 0 saturated carbocycles. The topological polar surface area (TPSA) is 74.6 Å². The van der Waals surface area contributed by atoms with Gasteiger partial charge in [-0.3, -0.25) is 4.90 Å². The van der Waals surface area contributed by atoms with Gasteiger partial charge in [0.1, 0.15) is 41.4 Å². The van der Waals surface area contributed by atoms with E-state index in [1.54, 1.807) is 6.07 Å². The average molecular weight is 616 g/mol. The molecule has 234 valence electrons. The molecule has 4 aliphatic heterocycles. The zero-order valence-corrected chi connectivity index (χ0v) is 25.2. The van der Waals surface area contributed by atoms with Crippen molar-refractivity contribution >= 4 is 33.6 Å². The number of nitrogens with zero attached hydrogens (tertiary/aromatic N) is 5. The van der Waals surface area contributed by atoms with Gasteiger partial charge in [-0.1, -0.05) is 31.6 Å². The number of aromatic hydroxyl groups is 1. The molecule has 0 spiro atoms. The van der Waals surface area contributed by atoms with Gasteiger partial charge in [0, 0.05) is 42.1 Å². The molecular formula is C35H36F3N5O2. The molecule has 10 heteroatoms. The van der Waals surface area contributed by atoms with E-state index in [0.717, 1.165) is 58.0 Å². The summed E-state index contributed by atoms with van der Waals surface area (Å²) < 4.78 is 52.8. The molecule has 45 heavy (non-hydrogen) atoms. The van der Waals surface area contributed by atoms with Gasteiger partial charge in [0.2, 0.25) is 0 Å². The summed E-state index contributed by atoms with van der Waals surface area (Å²) in [5.74, 6) is -0.650. The maximum absolute atomic E-state index is 17.0. The van der Waals surface area contributed by atoms with Crippen LogP contribution in [0.15, 0.2) is 30.8 Å². The summed E-state index contributed by atoms with van der Waals surface area (Å²) in [6, 6.07) is 6.08. The van der Waals surface area contributed by atoms with Gasteiger partial charge < -0.3 is 14.7 Å². The predicted octanol–water partition coefficient (Wildman–Crippen LogP) is 7.12. The number of hydrogen-bond donors (Lipinski definition) is 1. The van der Waals surface area contributed by atoms with Crippen LogP contribution in [0.3, 0.4) is 0 Å². The van der Waals surface area contributed by atoms with Crippen molar-refractivity contribution < 1.29 is 23.0 Å². The molecule has 7 nitrogen and oxygen atoms in total. The zero-order valence-electron chi connectivity index (χ0n) is 25.2. The molecule has 3 fully saturated rings. The Morgan fingerprint density at radius 3 is 2.80 bits per heavy atom. The number of fused-ring (bicyclic) bond motifs is 4. The number of hydrogen-bond acceptors (Lipinski definition) is 7. The lowest BCUT2D eigenvalue weighted by Crippen LogP contribution is -2.43. The van der Waals surface area contributed by atoms with Crippen molar-refractivity contribution in [3.05, 3.63) is 53.7 Å². The third kappa shape index (κ3) is 4.63. The molecule has 0 bridgehead atoms. The van der Waals surface area contributed by atoms with Gasteiger partial charge >= 0.3 is 6.01 Å². The maximum atomic E-state index is 17.0. The highest BCUT2D eigenvalue weighted by Crippen LogP contribution is 2.44. The van der Waals surface area contributed by atoms with Gasteiger partial charge in [-0.2, -0.15) is 9.97 Å². The second kappa shape index (κ2) is 10.9. The number of phenolic OH excluding ortho intramolecular Hbond substituents is 1. The molecule has 1 N–H and O–H groups in total. The SMILES string of the molecule is C=Cc1c(F)ccc2cc(O)cc(-c3nc4c5c(nc(OC[C@@]67CCCN6C[C@H](F)C7)nc5c3F)N3CCCCC[C@H]3CC4)c12. The van der Waals surface area contributed by atoms with E-state index in [-0.39, 0.29) is 46.7 Å². The van der Waals surface area contributed by atoms with Crippen LogP contribution in [0.2, 0.25) is 0 Å². The minimum atomic E-state index is -0.898. The summed E-state index contributed by atoms with van der Waals surface area (Å²) in [6.45, 7) is 6.05. The third-order valence-electron chi connectivity index (χ3n) is 10.5. The van der Waals surface area contributed by atoms with Crippen LogP contribution in [0.5, 0.6) is 11.8 Å². The van der Waals surface area contributed by atoms with E-state index < -0.39 is 23.3 Å². The molecule has 3 atom stereocenters. The van der Waals surface area contributed by atoms with E-state index in [1.165, 1.54) is 24.3 Å². The van der Waals surface area contributed by atoms with Crippen molar-refractivity contribution in [1.82, 2.24) is 19.9 Å². The summed E-state index contributed by atoms with van der Waals surface area (Å²) >= 11 is 0. The summed E-state index contributed by atoms with van der Waals surface area (Å²) in [7, 11) is 0. The van der Waals surface area contributed by atoms with Gasteiger partial charge in [0.25, 0.3) is 0 Å². The van der Waals surface area contributed by atoms with Gasteiger partial charge in [-0.05, 0) is 68.7 Å². The van der Waals surface area contributed by atoms with Crippen molar-refractivity contribution in [1.29, 1.82) is 0 Å². The molecule has 0 aliphatic carbocycles. The van der Waals surface area contributed by atoms with Crippen LogP contribution in [-0.2, 0) is 6.42 Å². The molecule has 4 aliphatic rings. The normalized spacial score (nSPS) is 24.8. The number of benzene rings is 2. The number of halogens is 3. The van der Waals surface area contributed by atoms with E-state index in [2.05, 4.69) is 21.4 Å². The highest BCUT2D eigenvalue weighted by molar-refractivity contribution is 6.04. The fourth-order valence-corrected chi connectivity index (χ4v) is 8.38. The minimum absolute atomic E-state index is 0.0172. The predicted molar refractivity (Wildman–Crippen MR) is 168 cm³/mol. The molecule has 2 aromatic carbocycles. The van der Waals surface area contributed by atoms with Crippen LogP contribution in [0.25, 0.3) is 39.0 Å². The number of aryl methyl sites for hydroxylation is 1. The molecule has 6 heterocycles. The largest absolute Gasteiger partial charge is 0.508 e. The number of anilines is 1. The Morgan fingerprint density at radius 1 is 1.04 bits per heavy atom. The maximum Gasteiger partial charge on any atom is 0.319 e. The number of rotatable bonds is 5. The smallest absolute Gasteiger partial charge is 0.319 e. The summed E-state index contributed by atoms with van der Waals surface area (Å²) in [5.41, 5.74) is 0.798. The Kier molecular flexibility index (Phi) is 6.89. The first-order valence-corrected chi connectivity index (χ1v) is 16.1. The van der Waals surface area contributed by atoms with Crippen molar-refractivity contribution in [2.24, 2.45) is 0 Å². The fraction of sp³-hybridized carbons (Fsp3) is 0.457. The van der Waals surface area contributed by atoms with Gasteiger partial charge in [-0.25, -0.2) is 18.2 Å². The quantitative estimate of drug-likeness (QED) is 0.256. The first kappa shape index (κ1) is 28.5. The molecule has 8 rings (SSSR count). The summed E-state index contributed by atoms with van der Waals surface area (Å²) in [6.07, 6.45) is 8.37. The summed E-state index contributed by atoms with van der Waals surface area (Å²) in [5, 5.41) is 12.2. The van der Waals surface area contributed by atoms with Crippen molar-refractivity contribution in [3.63, 3.8) is 0 Å². The second-order valence-electron chi connectivity index (χ2n) is 13.1. The Hall–Kier alpha value is -3.92. The van der Waals surface area contributed by atoms with Crippen LogP contribution in [0.1, 0.15) is 62.6 Å².